The lowest BCUT2D eigenvalue weighted by molar-refractivity contribution is 0.300. The molecule has 0 aliphatic rings. The fourth-order valence-corrected chi connectivity index (χ4v) is 3.43. The second-order valence-corrected chi connectivity index (χ2v) is 7.82. The maximum atomic E-state index is 9.40. The average Bonchev–Trinajstić information content (AvgIpc) is 2.84. The van der Waals surface area contributed by atoms with Crippen LogP contribution < -0.4 is 15.2 Å². The van der Waals surface area contributed by atoms with Gasteiger partial charge in [-0.1, -0.05) is 42.5 Å². The second-order valence-electron chi connectivity index (χ2n) is 7.82. The van der Waals surface area contributed by atoms with E-state index < -0.39 is 0 Å². The first-order chi connectivity index (χ1) is 16.0. The minimum Gasteiger partial charge on any atom is -0.508 e. The molecule has 0 aliphatic carbocycles. The van der Waals surface area contributed by atoms with E-state index in [1.165, 1.54) is 5.56 Å². The molecule has 0 amide bonds. The number of rotatable bonds is 9. The number of phenolic OH excluding ortho intramolecular Hbond substituents is 1. The predicted molar refractivity (Wildman–Crippen MR) is 130 cm³/mol. The van der Waals surface area contributed by atoms with Gasteiger partial charge >= 0.3 is 0 Å². The van der Waals surface area contributed by atoms with Gasteiger partial charge in [0.15, 0.2) is 0 Å². The van der Waals surface area contributed by atoms with Crippen molar-refractivity contribution in [2.24, 2.45) is 5.73 Å². The number of nitrogen functional groups attached to an aromatic ring is 1. The van der Waals surface area contributed by atoms with Crippen molar-refractivity contribution in [1.82, 2.24) is 0 Å². The van der Waals surface area contributed by atoms with E-state index in [2.05, 4.69) is 18.2 Å². The Kier molecular flexibility index (Phi) is 6.90. The smallest absolute Gasteiger partial charge is 0.122 e. The molecular formula is C28H26N2O3. The summed E-state index contributed by atoms with van der Waals surface area (Å²) in [7, 11) is 0. The number of nitrogens with two attached hydrogens (primary N) is 1. The lowest BCUT2D eigenvalue weighted by Crippen LogP contribution is -2.10. The summed E-state index contributed by atoms with van der Waals surface area (Å²) in [6.45, 7) is 0.914. The second kappa shape index (κ2) is 10.4. The monoisotopic (exact) mass is 438 g/mol. The summed E-state index contributed by atoms with van der Waals surface area (Å²) in [5, 5.41) is 16.9. The Balaban J connectivity index is 1.29. The van der Waals surface area contributed by atoms with Crippen LogP contribution >= 0.6 is 0 Å². The zero-order chi connectivity index (χ0) is 23.0. The Labute approximate surface area is 193 Å². The van der Waals surface area contributed by atoms with Gasteiger partial charge in [0.2, 0.25) is 0 Å². The minimum absolute atomic E-state index is 0.0428. The third kappa shape index (κ3) is 6.37. The van der Waals surface area contributed by atoms with E-state index in [9.17, 15) is 5.11 Å². The third-order valence-electron chi connectivity index (χ3n) is 5.24. The molecule has 166 valence electrons. The minimum atomic E-state index is 0.0428. The molecule has 0 fully saturated rings. The molecule has 0 radical (unpaired) electrons. The molecule has 0 aliphatic heterocycles. The molecule has 4 aromatic rings. The molecule has 0 spiro atoms. The van der Waals surface area contributed by atoms with Gasteiger partial charge in [0.1, 0.15) is 36.3 Å². The maximum absolute atomic E-state index is 9.40. The van der Waals surface area contributed by atoms with Crippen molar-refractivity contribution in [3.05, 3.63) is 125 Å². The molecule has 33 heavy (non-hydrogen) atoms. The maximum Gasteiger partial charge on any atom is 0.122 e. The van der Waals surface area contributed by atoms with Crippen molar-refractivity contribution in [2.75, 3.05) is 0 Å². The topological polar surface area (TPSA) is 88.6 Å². The molecule has 0 aromatic heterocycles. The molecule has 4 rings (SSSR count). The van der Waals surface area contributed by atoms with Gasteiger partial charge in [0.25, 0.3) is 0 Å². The van der Waals surface area contributed by atoms with Crippen molar-refractivity contribution in [3.8, 4) is 17.2 Å². The standard InChI is InChI=1S/C28H26N2O3/c29-28(30)24-8-14-27(15-9-24)33-19-23-3-1-2-22(17-23)18-32-26-12-6-21(7-13-26)16-20-4-10-25(31)11-5-20/h1-15,17,31H,16,18-19H2,(H3,29,30). The number of nitrogens with one attached hydrogen (secondary N) is 1. The number of aromatic hydroxyl groups is 1. The summed E-state index contributed by atoms with van der Waals surface area (Å²) in [5.74, 6) is 1.87. The molecule has 4 N–H and O–H groups in total. The lowest BCUT2D eigenvalue weighted by Gasteiger charge is -2.10. The van der Waals surface area contributed by atoms with Crippen LogP contribution in [0.4, 0.5) is 0 Å². The van der Waals surface area contributed by atoms with Gasteiger partial charge in [-0.2, -0.15) is 0 Å². The van der Waals surface area contributed by atoms with Crippen LogP contribution in [0.15, 0.2) is 97.1 Å². The van der Waals surface area contributed by atoms with E-state index in [4.69, 9.17) is 20.6 Å². The Morgan fingerprint density at radius 3 is 1.67 bits per heavy atom. The zero-order valence-corrected chi connectivity index (χ0v) is 18.2. The number of amidine groups is 1. The van der Waals surface area contributed by atoms with Crippen LogP contribution in [-0.4, -0.2) is 10.9 Å². The highest BCUT2D eigenvalue weighted by atomic mass is 16.5. The Bertz CT molecular complexity index is 1200. The van der Waals surface area contributed by atoms with E-state index in [0.717, 1.165) is 34.6 Å². The van der Waals surface area contributed by atoms with E-state index >= 15 is 0 Å². The average molecular weight is 439 g/mol. The van der Waals surface area contributed by atoms with Crippen LogP contribution in [0.2, 0.25) is 0 Å². The number of phenols is 1. The van der Waals surface area contributed by atoms with E-state index in [1.807, 2.05) is 54.6 Å². The molecule has 5 heteroatoms. The summed E-state index contributed by atoms with van der Waals surface area (Å²) >= 11 is 0. The van der Waals surface area contributed by atoms with Crippen LogP contribution in [0.25, 0.3) is 0 Å². The molecule has 0 bridgehead atoms. The van der Waals surface area contributed by atoms with Crippen molar-refractivity contribution >= 4 is 5.84 Å². The number of hydrogen-bond acceptors (Lipinski definition) is 4. The molecular weight excluding hydrogens is 412 g/mol. The van der Waals surface area contributed by atoms with Gasteiger partial charge in [0, 0.05) is 5.56 Å². The van der Waals surface area contributed by atoms with Crippen LogP contribution in [0.1, 0.15) is 27.8 Å². The molecule has 5 nitrogen and oxygen atoms in total. The highest BCUT2D eigenvalue weighted by molar-refractivity contribution is 5.94. The highest BCUT2D eigenvalue weighted by Crippen LogP contribution is 2.19. The fraction of sp³-hybridized carbons (Fsp3) is 0.107. The Morgan fingerprint density at radius 2 is 1.15 bits per heavy atom. The van der Waals surface area contributed by atoms with Crippen molar-refractivity contribution in [2.45, 2.75) is 19.6 Å². The first-order valence-corrected chi connectivity index (χ1v) is 10.7. The summed E-state index contributed by atoms with van der Waals surface area (Å²) in [4.78, 5) is 0. The molecule has 0 heterocycles. The van der Waals surface area contributed by atoms with Gasteiger partial charge in [-0.3, -0.25) is 5.41 Å². The molecule has 0 saturated carbocycles. The normalized spacial score (nSPS) is 10.5. The molecule has 0 atom stereocenters. The predicted octanol–water partition coefficient (Wildman–Crippen LogP) is 5.43. The van der Waals surface area contributed by atoms with Crippen LogP contribution in [0, 0.1) is 5.41 Å². The SMILES string of the molecule is N=C(N)c1ccc(OCc2cccc(COc3ccc(Cc4ccc(O)cc4)cc3)c2)cc1. The summed E-state index contributed by atoms with van der Waals surface area (Å²) in [5.41, 5.74) is 10.6. The van der Waals surface area contributed by atoms with Gasteiger partial charge < -0.3 is 20.3 Å². The van der Waals surface area contributed by atoms with E-state index in [0.29, 0.717) is 18.8 Å². The molecule has 0 unspecified atom stereocenters. The van der Waals surface area contributed by atoms with Gasteiger partial charge in [-0.25, -0.2) is 0 Å². The zero-order valence-electron chi connectivity index (χ0n) is 18.2. The van der Waals surface area contributed by atoms with Crippen LogP contribution in [0.5, 0.6) is 17.2 Å². The summed E-state index contributed by atoms with van der Waals surface area (Å²) in [6, 6.07) is 30.6. The fourth-order valence-electron chi connectivity index (χ4n) is 3.43. The quantitative estimate of drug-likeness (QED) is 0.240. The highest BCUT2D eigenvalue weighted by Gasteiger charge is 2.03. The third-order valence-corrected chi connectivity index (χ3v) is 5.24. The number of hydrogen-bond donors (Lipinski definition) is 3. The van der Waals surface area contributed by atoms with Crippen molar-refractivity contribution in [3.63, 3.8) is 0 Å². The molecule has 0 saturated heterocycles. The van der Waals surface area contributed by atoms with Crippen LogP contribution in [-0.2, 0) is 19.6 Å². The summed E-state index contributed by atoms with van der Waals surface area (Å²) < 4.78 is 11.8. The van der Waals surface area contributed by atoms with Crippen LogP contribution in [0.3, 0.4) is 0 Å². The largest absolute Gasteiger partial charge is 0.508 e. The Morgan fingerprint density at radius 1 is 0.667 bits per heavy atom. The van der Waals surface area contributed by atoms with Gasteiger partial charge in [0.05, 0.1) is 0 Å². The van der Waals surface area contributed by atoms with E-state index in [1.54, 1.807) is 24.3 Å². The number of benzene rings is 4. The summed E-state index contributed by atoms with van der Waals surface area (Å²) in [6.07, 6.45) is 0.806. The first kappa shape index (κ1) is 22.0. The van der Waals surface area contributed by atoms with Gasteiger partial charge in [-0.15, -0.1) is 0 Å². The lowest BCUT2D eigenvalue weighted by atomic mass is 10.0. The van der Waals surface area contributed by atoms with Crippen molar-refractivity contribution < 1.29 is 14.6 Å². The van der Waals surface area contributed by atoms with Crippen molar-refractivity contribution in [1.29, 1.82) is 5.41 Å². The van der Waals surface area contributed by atoms with E-state index in [-0.39, 0.29) is 11.6 Å². The molecule has 4 aromatic carbocycles. The number of ether oxygens (including phenoxy) is 2. The Hall–Kier alpha value is -4.25. The van der Waals surface area contributed by atoms with Gasteiger partial charge in [-0.05, 0) is 83.3 Å². The first-order valence-electron chi connectivity index (χ1n) is 10.7.